The number of rotatable bonds is 10. The highest BCUT2D eigenvalue weighted by atomic mass is 19.1. The maximum Gasteiger partial charge on any atom is 0.414 e. The van der Waals surface area contributed by atoms with Gasteiger partial charge in [0, 0.05) is 39.3 Å². The maximum atomic E-state index is 14.9. The third kappa shape index (κ3) is 6.50. The molecule has 2 fully saturated rings. The van der Waals surface area contributed by atoms with Crippen LogP contribution in [0.4, 0.5) is 20.6 Å². The van der Waals surface area contributed by atoms with E-state index in [0.29, 0.717) is 49.8 Å². The molecular weight excluding hydrogens is 477 g/mol. The van der Waals surface area contributed by atoms with Gasteiger partial charge in [0.25, 0.3) is 5.91 Å². The molecule has 0 radical (unpaired) electrons. The second-order valence-corrected chi connectivity index (χ2v) is 9.25. The third-order valence-corrected chi connectivity index (χ3v) is 6.94. The summed E-state index contributed by atoms with van der Waals surface area (Å²) >= 11 is 0. The van der Waals surface area contributed by atoms with Crippen LogP contribution in [0.1, 0.15) is 19.4 Å². The number of hydrogen-bond donors (Lipinski definition) is 1. The van der Waals surface area contributed by atoms with Crippen LogP contribution < -0.4 is 20.3 Å². The van der Waals surface area contributed by atoms with Crippen LogP contribution >= 0.6 is 0 Å². The van der Waals surface area contributed by atoms with E-state index < -0.39 is 11.9 Å². The van der Waals surface area contributed by atoms with Crippen molar-refractivity contribution < 1.29 is 23.5 Å². The number of nitrogens with zero attached hydrogens (tertiary/aromatic N) is 4. The molecule has 0 unspecified atom stereocenters. The number of carbonyl (C=O) groups is 2. The van der Waals surface area contributed by atoms with Crippen molar-refractivity contribution in [1.82, 2.24) is 9.80 Å². The van der Waals surface area contributed by atoms with Crippen molar-refractivity contribution in [2.24, 2.45) is 5.73 Å². The first-order chi connectivity index (χ1) is 17.9. The molecule has 2 aliphatic rings. The molecule has 0 bridgehead atoms. The third-order valence-electron chi connectivity index (χ3n) is 6.94. The normalized spacial score (nSPS) is 17.9. The van der Waals surface area contributed by atoms with E-state index in [-0.39, 0.29) is 25.2 Å². The number of piperazine rings is 1. The number of benzene rings is 2. The van der Waals surface area contributed by atoms with Crippen molar-refractivity contribution >= 4 is 23.4 Å². The van der Waals surface area contributed by atoms with Crippen LogP contribution in [0.2, 0.25) is 0 Å². The summed E-state index contributed by atoms with van der Waals surface area (Å²) in [5.74, 6) is 0.149. The molecule has 2 saturated heterocycles. The van der Waals surface area contributed by atoms with E-state index in [1.54, 1.807) is 17.0 Å². The number of hydrogen-bond acceptors (Lipinski definition) is 7. The zero-order valence-electron chi connectivity index (χ0n) is 21.6. The lowest BCUT2D eigenvalue weighted by molar-refractivity contribution is -0.133. The van der Waals surface area contributed by atoms with E-state index in [1.165, 1.54) is 16.5 Å². The molecule has 2 amide bonds. The number of carbonyl (C=O) groups excluding carboxylic acids is 2. The van der Waals surface area contributed by atoms with Crippen LogP contribution in [0, 0.1) is 5.82 Å². The topological polar surface area (TPSA) is 91.6 Å². The molecule has 2 heterocycles. The lowest BCUT2D eigenvalue weighted by Gasteiger charge is -2.36. The summed E-state index contributed by atoms with van der Waals surface area (Å²) in [6, 6.07) is 12.6. The molecule has 4 rings (SSSR count). The Morgan fingerprint density at radius 2 is 1.81 bits per heavy atom. The lowest BCUT2D eigenvalue weighted by Crippen LogP contribution is -2.50. The van der Waals surface area contributed by atoms with Crippen molar-refractivity contribution in [3.05, 3.63) is 53.8 Å². The second kappa shape index (κ2) is 12.2. The average molecular weight is 514 g/mol. The number of amides is 2. The van der Waals surface area contributed by atoms with Gasteiger partial charge >= 0.3 is 6.09 Å². The Morgan fingerprint density at radius 3 is 2.41 bits per heavy atom. The molecule has 9 nitrogen and oxygen atoms in total. The van der Waals surface area contributed by atoms with Crippen LogP contribution in [-0.2, 0) is 16.1 Å². The first-order valence-electron chi connectivity index (χ1n) is 12.9. The molecule has 0 spiro atoms. The first kappa shape index (κ1) is 26.7. The Balaban J connectivity index is 1.25. The molecule has 0 aromatic heterocycles. The summed E-state index contributed by atoms with van der Waals surface area (Å²) in [4.78, 5) is 32.1. The fourth-order valence-electron chi connectivity index (χ4n) is 4.60. The largest absolute Gasteiger partial charge is 0.484 e. The number of anilines is 2. The smallest absolute Gasteiger partial charge is 0.414 e. The van der Waals surface area contributed by atoms with Gasteiger partial charge in [-0.1, -0.05) is 26.0 Å². The number of nitrogens with two attached hydrogens (primary N) is 1. The average Bonchev–Trinajstić information content (AvgIpc) is 3.31. The molecule has 0 aliphatic carbocycles. The van der Waals surface area contributed by atoms with Crippen molar-refractivity contribution in [3.8, 4) is 5.75 Å². The van der Waals surface area contributed by atoms with Crippen molar-refractivity contribution in [3.63, 3.8) is 0 Å². The van der Waals surface area contributed by atoms with E-state index >= 15 is 0 Å². The van der Waals surface area contributed by atoms with Gasteiger partial charge in [-0.15, -0.1) is 0 Å². The van der Waals surface area contributed by atoms with Gasteiger partial charge in [0.1, 0.15) is 17.7 Å². The molecule has 200 valence electrons. The minimum absolute atomic E-state index is 0.0336. The van der Waals surface area contributed by atoms with Gasteiger partial charge in [-0.3, -0.25) is 14.6 Å². The van der Waals surface area contributed by atoms with Gasteiger partial charge in [-0.25, -0.2) is 9.18 Å². The van der Waals surface area contributed by atoms with Gasteiger partial charge in [0.2, 0.25) is 0 Å². The van der Waals surface area contributed by atoms with E-state index in [9.17, 15) is 14.0 Å². The first-order valence-corrected chi connectivity index (χ1v) is 12.9. The van der Waals surface area contributed by atoms with Crippen LogP contribution in [0.3, 0.4) is 0 Å². The highest BCUT2D eigenvalue weighted by Gasteiger charge is 2.32. The SMILES string of the molecule is CCN(CC)Cc1ccc(OCC(=O)N2CCN(c3ccc(N4C[C@H](CN)OC4=O)cc3F)CC2)cc1. The Bertz CT molecular complexity index is 1070. The van der Waals surface area contributed by atoms with Crippen LogP contribution in [-0.4, -0.2) is 86.9 Å². The van der Waals surface area contributed by atoms with E-state index in [1.807, 2.05) is 29.2 Å². The highest BCUT2D eigenvalue weighted by molar-refractivity contribution is 5.90. The van der Waals surface area contributed by atoms with Gasteiger partial charge < -0.3 is 25.0 Å². The Labute approximate surface area is 217 Å². The summed E-state index contributed by atoms with van der Waals surface area (Å²) in [6.07, 6.45) is -0.908. The Hall–Kier alpha value is -3.37. The van der Waals surface area contributed by atoms with E-state index in [4.69, 9.17) is 15.2 Å². The van der Waals surface area contributed by atoms with Crippen LogP contribution in [0.5, 0.6) is 5.75 Å². The maximum absolute atomic E-state index is 14.9. The Morgan fingerprint density at radius 1 is 1.11 bits per heavy atom. The monoisotopic (exact) mass is 513 g/mol. The molecule has 2 N–H and O–H groups in total. The predicted octanol–water partition coefficient (Wildman–Crippen LogP) is 2.68. The van der Waals surface area contributed by atoms with E-state index in [0.717, 1.165) is 19.6 Å². The minimum atomic E-state index is -0.521. The molecule has 2 aromatic carbocycles. The van der Waals surface area contributed by atoms with Crippen molar-refractivity contribution in [1.29, 1.82) is 0 Å². The summed E-state index contributed by atoms with van der Waals surface area (Å²) < 4.78 is 25.8. The van der Waals surface area contributed by atoms with Gasteiger partial charge in [-0.2, -0.15) is 0 Å². The van der Waals surface area contributed by atoms with Gasteiger partial charge in [-0.05, 0) is 49.0 Å². The van der Waals surface area contributed by atoms with Gasteiger partial charge in [0.15, 0.2) is 6.61 Å². The highest BCUT2D eigenvalue weighted by Crippen LogP contribution is 2.28. The fourth-order valence-corrected chi connectivity index (χ4v) is 4.60. The minimum Gasteiger partial charge on any atom is -0.484 e. The number of halogens is 1. The summed E-state index contributed by atoms with van der Waals surface area (Å²) in [6.45, 7) is 9.62. The van der Waals surface area contributed by atoms with Crippen molar-refractivity contribution in [2.75, 3.05) is 68.8 Å². The van der Waals surface area contributed by atoms with Crippen LogP contribution in [0.15, 0.2) is 42.5 Å². The molecule has 10 heteroatoms. The standard InChI is InChI=1S/C27H36FN5O4/c1-3-30(4-2)17-20-5-8-22(9-6-20)36-19-26(34)32-13-11-31(12-14-32)25-10-7-21(15-24(25)28)33-18-23(16-29)37-27(33)35/h5-10,15,23H,3-4,11-14,16-19,29H2,1-2H3/t23-/m0/s1. The molecular formula is C27H36FN5O4. The molecule has 2 aliphatic heterocycles. The Kier molecular flexibility index (Phi) is 8.83. The van der Waals surface area contributed by atoms with Crippen LogP contribution in [0.25, 0.3) is 0 Å². The summed E-state index contributed by atoms with van der Waals surface area (Å²) in [5.41, 5.74) is 7.67. The molecule has 1 atom stereocenters. The second-order valence-electron chi connectivity index (χ2n) is 9.25. The molecule has 37 heavy (non-hydrogen) atoms. The summed E-state index contributed by atoms with van der Waals surface area (Å²) in [5, 5.41) is 0. The van der Waals surface area contributed by atoms with Gasteiger partial charge in [0.05, 0.1) is 17.9 Å². The van der Waals surface area contributed by atoms with E-state index in [2.05, 4.69) is 18.7 Å². The zero-order valence-corrected chi connectivity index (χ0v) is 21.6. The molecule has 0 saturated carbocycles. The summed E-state index contributed by atoms with van der Waals surface area (Å²) in [7, 11) is 0. The number of ether oxygens (including phenoxy) is 2. The zero-order chi connectivity index (χ0) is 26.4. The lowest BCUT2D eigenvalue weighted by atomic mass is 10.2. The predicted molar refractivity (Wildman–Crippen MR) is 140 cm³/mol. The quantitative estimate of drug-likeness (QED) is 0.522. The fraction of sp³-hybridized carbons (Fsp3) is 0.481. The van der Waals surface area contributed by atoms with Crippen molar-refractivity contribution in [2.45, 2.75) is 26.5 Å². The number of cyclic esters (lactones) is 1. The molecule has 2 aromatic rings.